The van der Waals surface area contributed by atoms with E-state index >= 15 is 0 Å². The molecule has 0 aliphatic carbocycles. The van der Waals surface area contributed by atoms with Gasteiger partial charge in [-0.3, -0.25) is 4.79 Å². The third-order valence-corrected chi connectivity index (χ3v) is 5.25. The summed E-state index contributed by atoms with van der Waals surface area (Å²) in [5.41, 5.74) is 2.48. The van der Waals surface area contributed by atoms with Gasteiger partial charge in [0.25, 0.3) is 0 Å². The lowest BCUT2D eigenvalue weighted by Gasteiger charge is -2.18. The van der Waals surface area contributed by atoms with E-state index in [9.17, 15) is 4.79 Å². The number of nitrogens with one attached hydrogen (secondary N) is 1. The molecule has 1 aromatic carbocycles. The predicted molar refractivity (Wildman–Crippen MR) is 88.2 cm³/mol. The van der Waals surface area contributed by atoms with Crippen LogP contribution in [0.1, 0.15) is 25.5 Å². The third-order valence-electron chi connectivity index (χ3n) is 2.77. The van der Waals surface area contributed by atoms with Gasteiger partial charge in [0.05, 0.1) is 11.3 Å². The highest BCUT2D eigenvalue weighted by Gasteiger charge is 2.19. The fraction of sp³-hybridized carbons (Fsp3) is 0.308. The first-order chi connectivity index (χ1) is 9.97. The Labute approximate surface area is 141 Å². The van der Waals surface area contributed by atoms with Gasteiger partial charge in [-0.25, -0.2) is 0 Å². The van der Waals surface area contributed by atoms with Gasteiger partial charge in [0, 0.05) is 10.0 Å². The molecule has 0 unspecified atom stereocenters. The van der Waals surface area contributed by atoms with Crippen LogP contribution in [0.25, 0.3) is 0 Å². The first-order valence-electron chi connectivity index (χ1n) is 6.15. The second-order valence-electron chi connectivity index (χ2n) is 4.36. The monoisotopic (exact) mass is 361 g/mol. The molecular weight excluding hydrogens is 349 g/mol. The molecular formula is C13H13Cl2N3OS2. The van der Waals surface area contributed by atoms with Crippen LogP contribution in [-0.2, 0) is 4.79 Å². The molecule has 1 heterocycles. The van der Waals surface area contributed by atoms with Gasteiger partial charge in [0.2, 0.25) is 5.91 Å². The van der Waals surface area contributed by atoms with Crippen LogP contribution < -0.4 is 5.32 Å². The van der Waals surface area contributed by atoms with Crippen molar-refractivity contribution in [2.75, 3.05) is 0 Å². The lowest BCUT2D eigenvalue weighted by molar-refractivity contribution is -0.120. The number of nitrogens with zero attached hydrogens (tertiary/aromatic N) is 2. The summed E-state index contributed by atoms with van der Waals surface area (Å²) in [6.45, 7) is 3.72. The van der Waals surface area contributed by atoms with Crippen molar-refractivity contribution < 1.29 is 4.79 Å². The van der Waals surface area contributed by atoms with Crippen molar-refractivity contribution in [3.63, 3.8) is 0 Å². The van der Waals surface area contributed by atoms with Crippen molar-refractivity contribution in [3.8, 4) is 0 Å². The topological polar surface area (TPSA) is 54.9 Å². The van der Waals surface area contributed by atoms with E-state index in [0.29, 0.717) is 10.0 Å². The molecule has 0 radical (unpaired) electrons. The number of aromatic nitrogens is 2. The summed E-state index contributed by atoms with van der Waals surface area (Å²) in [7, 11) is 0. The van der Waals surface area contributed by atoms with Crippen LogP contribution in [0.4, 0.5) is 0 Å². The number of hydrogen-bond acceptors (Lipinski definition) is 5. The second-order valence-corrected chi connectivity index (χ2v) is 7.63. The van der Waals surface area contributed by atoms with Crippen molar-refractivity contribution in [1.29, 1.82) is 0 Å². The number of thioether (sulfide) groups is 1. The predicted octanol–water partition coefficient (Wildman–Crippen LogP) is 4.20. The largest absolute Gasteiger partial charge is 0.349 e. The van der Waals surface area contributed by atoms with Crippen molar-refractivity contribution in [1.82, 2.24) is 15.5 Å². The van der Waals surface area contributed by atoms with Crippen molar-refractivity contribution in [2.45, 2.75) is 29.5 Å². The zero-order valence-corrected chi connectivity index (χ0v) is 14.5. The van der Waals surface area contributed by atoms with Crippen molar-refractivity contribution in [3.05, 3.63) is 39.3 Å². The Morgan fingerprint density at radius 1 is 1.38 bits per heavy atom. The summed E-state index contributed by atoms with van der Waals surface area (Å²) in [5.74, 6) is -0.0753. The standard InChI is InChI=1S/C13H13Cl2N3OS2/c1-7(10-4-3-9(14)5-11(10)15)17-12(19)8(2)21-13-18-16-6-20-13/h3-8H,1-2H3,(H,17,19)/t7-,8-/m0/s1. The Bertz CT molecular complexity index is 622. The molecule has 0 aliphatic rings. The molecule has 2 atom stereocenters. The van der Waals surface area contributed by atoms with E-state index in [1.54, 1.807) is 17.6 Å². The van der Waals surface area contributed by atoms with Crippen molar-refractivity contribution >= 4 is 52.2 Å². The maximum atomic E-state index is 12.2. The zero-order valence-electron chi connectivity index (χ0n) is 11.3. The van der Waals surface area contributed by atoms with Crippen LogP contribution in [0, 0.1) is 0 Å². The summed E-state index contributed by atoms with van der Waals surface area (Å²) >= 11 is 14.8. The van der Waals surface area contributed by atoms with E-state index in [4.69, 9.17) is 23.2 Å². The van der Waals surface area contributed by atoms with Crippen LogP contribution in [0.15, 0.2) is 28.0 Å². The van der Waals surface area contributed by atoms with Gasteiger partial charge in [0.1, 0.15) is 5.51 Å². The van der Waals surface area contributed by atoms with E-state index in [-0.39, 0.29) is 17.2 Å². The SMILES string of the molecule is C[C@H](Sc1nncs1)C(=O)N[C@@H](C)c1ccc(Cl)cc1Cl. The number of halogens is 2. The number of amides is 1. The molecule has 0 saturated heterocycles. The number of carbonyl (C=O) groups is 1. The summed E-state index contributed by atoms with van der Waals surface area (Å²) in [4.78, 5) is 12.2. The quantitative estimate of drug-likeness (QED) is 0.810. The van der Waals surface area contributed by atoms with Crippen LogP contribution >= 0.6 is 46.3 Å². The molecule has 112 valence electrons. The van der Waals surface area contributed by atoms with Crippen LogP contribution in [0.5, 0.6) is 0 Å². The molecule has 2 aromatic rings. The Balaban J connectivity index is 1.98. The van der Waals surface area contributed by atoms with Gasteiger partial charge in [0.15, 0.2) is 4.34 Å². The Hall–Kier alpha value is -0.820. The highest BCUT2D eigenvalue weighted by molar-refractivity contribution is 8.02. The minimum absolute atomic E-state index is 0.0753. The molecule has 4 nitrogen and oxygen atoms in total. The Morgan fingerprint density at radius 3 is 2.76 bits per heavy atom. The minimum atomic E-state index is -0.258. The number of benzene rings is 1. The normalized spacial score (nSPS) is 13.7. The molecule has 0 aliphatic heterocycles. The second kappa shape index (κ2) is 7.45. The molecule has 21 heavy (non-hydrogen) atoms. The van der Waals surface area contributed by atoms with E-state index in [2.05, 4.69) is 15.5 Å². The number of hydrogen-bond donors (Lipinski definition) is 1. The van der Waals surface area contributed by atoms with E-state index in [0.717, 1.165) is 9.90 Å². The first kappa shape index (κ1) is 16.5. The molecule has 8 heteroatoms. The molecule has 0 bridgehead atoms. The molecule has 0 spiro atoms. The summed E-state index contributed by atoms with van der Waals surface area (Å²) in [6, 6.07) is 5.04. The number of rotatable bonds is 5. The summed E-state index contributed by atoms with van der Waals surface area (Å²) in [5, 5.41) is 11.5. The third kappa shape index (κ3) is 4.57. The van der Waals surface area contributed by atoms with Gasteiger partial charge < -0.3 is 5.32 Å². The van der Waals surface area contributed by atoms with Crippen LogP contribution in [-0.4, -0.2) is 21.4 Å². The molecule has 2 rings (SSSR count). The minimum Gasteiger partial charge on any atom is -0.349 e. The van der Waals surface area contributed by atoms with Crippen molar-refractivity contribution in [2.24, 2.45) is 0 Å². The summed E-state index contributed by atoms with van der Waals surface area (Å²) in [6.07, 6.45) is 0. The Morgan fingerprint density at radius 2 is 2.14 bits per heavy atom. The number of carbonyl (C=O) groups excluding carboxylic acids is 1. The van der Waals surface area contributed by atoms with Gasteiger partial charge in [-0.1, -0.05) is 52.4 Å². The average molecular weight is 362 g/mol. The molecule has 1 aromatic heterocycles. The molecule has 1 N–H and O–H groups in total. The smallest absolute Gasteiger partial charge is 0.233 e. The highest BCUT2D eigenvalue weighted by atomic mass is 35.5. The lowest BCUT2D eigenvalue weighted by Crippen LogP contribution is -2.33. The van der Waals surface area contributed by atoms with Gasteiger partial charge in [-0.05, 0) is 31.5 Å². The van der Waals surface area contributed by atoms with Gasteiger partial charge in [-0.15, -0.1) is 10.2 Å². The fourth-order valence-corrected chi connectivity index (χ4v) is 3.89. The Kier molecular flexibility index (Phi) is 5.87. The summed E-state index contributed by atoms with van der Waals surface area (Å²) < 4.78 is 0.773. The van der Waals surface area contributed by atoms with E-state index in [1.807, 2.05) is 19.9 Å². The fourth-order valence-electron chi connectivity index (χ4n) is 1.68. The molecule has 1 amide bonds. The maximum absolute atomic E-state index is 12.2. The van der Waals surface area contributed by atoms with Gasteiger partial charge >= 0.3 is 0 Å². The van der Waals surface area contributed by atoms with Crippen LogP contribution in [0.3, 0.4) is 0 Å². The zero-order chi connectivity index (χ0) is 15.4. The first-order valence-corrected chi connectivity index (χ1v) is 8.67. The lowest BCUT2D eigenvalue weighted by atomic mass is 10.1. The van der Waals surface area contributed by atoms with E-state index in [1.165, 1.54) is 23.1 Å². The van der Waals surface area contributed by atoms with Crippen LogP contribution in [0.2, 0.25) is 10.0 Å². The average Bonchev–Trinajstić information content (AvgIpc) is 2.91. The highest BCUT2D eigenvalue weighted by Crippen LogP contribution is 2.28. The molecule has 0 saturated carbocycles. The van der Waals surface area contributed by atoms with E-state index < -0.39 is 0 Å². The van der Waals surface area contributed by atoms with Gasteiger partial charge in [-0.2, -0.15) is 0 Å². The molecule has 0 fully saturated rings. The maximum Gasteiger partial charge on any atom is 0.233 e.